The van der Waals surface area contributed by atoms with Crippen molar-refractivity contribution < 1.29 is 9.53 Å². The normalized spacial score (nSPS) is 19.7. The standard InChI is InChI=1S/C16H21ClN4O2.C4H3BrClN3/c1-16(2,3)23-15(22)21-10-4-5-11(21)7-9(6-10)12-8-13(17)19-20-14(12)18;5-2-1-3(6)8-9-4(2)7/h6,8,10-11H,4-5,7H2,1-3H3,(H2,18,20);1H,(H2,7,9). The van der Waals surface area contributed by atoms with Gasteiger partial charge in [-0.25, -0.2) is 4.79 Å². The van der Waals surface area contributed by atoms with E-state index in [-0.39, 0.29) is 18.2 Å². The Balaban J connectivity index is 0.000000269. The highest BCUT2D eigenvalue weighted by Crippen LogP contribution is 2.40. The van der Waals surface area contributed by atoms with Gasteiger partial charge in [-0.3, -0.25) is 4.90 Å². The van der Waals surface area contributed by atoms with Gasteiger partial charge in [0.05, 0.1) is 10.5 Å². The fraction of sp³-hybridized carbons (Fsp3) is 0.450. The molecule has 2 aliphatic heterocycles. The summed E-state index contributed by atoms with van der Waals surface area (Å²) in [6.45, 7) is 5.63. The first kappa shape index (κ1) is 24.5. The van der Waals surface area contributed by atoms with Gasteiger partial charge in [-0.05, 0) is 73.7 Å². The number of nitrogen functional groups attached to an aromatic ring is 2. The first-order valence-electron chi connectivity index (χ1n) is 9.90. The van der Waals surface area contributed by atoms with Crippen LogP contribution >= 0.6 is 39.1 Å². The van der Waals surface area contributed by atoms with Crippen molar-refractivity contribution in [2.45, 2.75) is 57.7 Å². The summed E-state index contributed by atoms with van der Waals surface area (Å²) in [5, 5.41) is 15.3. The van der Waals surface area contributed by atoms with Gasteiger partial charge in [-0.1, -0.05) is 29.3 Å². The summed E-state index contributed by atoms with van der Waals surface area (Å²) in [4.78, 5) is 14.3. The number of hydrogen-bond donors (Lipinski definition) is 2. The van der Waals surface area contributed by atoms with Gasteiger partial charge in [0.1, 0.15) is 5.60 Å². The van der Waals surface area contributed by atoms with Crippen LogP contribution in [0.3, 0.4) is 0 Å². The van der Waals surface area contributed by atoms with Crippen molar-refractivity contribution in [3.05, 3.63) is 38.6 Å². The van der Waals surface area contributed by atoms with Crippen molar-refractivity contribution in [2.24, 2.45) is 0 Å². The molecule has 2 aromatic heterocycles. The third-order valence-electron chi connectivity index (χ3n) is 4.88. The maximum absolute atomic E-state index is 12.4. The third kappa shape index (κ3) is 5.99. The molecule has 1 amide bonds. The Bertz CT molecular complexity index is 1050. The molecular weight excluding hydrogens is 521 g/mol. The monoisotopic (exact) mass is 543 g/mol. The smallest absolute Gasteiger partial charge is 0.411 e. The van der Waals surface area contributed by atoms with E-state index in [1.807, 2.05) is 25.7 Å². The number of nitrogens with two attached hydrogens (primary N) is 2. The summed E-state index contributed by atoms with van der Waals surface area (Å²) >= 11 is 14.5. The number of aromatic nitrogens is 4. The van der Waals surface area contributed by atoms with Gasteiger partial charge in [-0.2, -0.15) is 0 Å². The summed E-state index contributed by atoms with van der Waals surface area (Å²) in [6.07, 6.45) is 4.44. The van der Waals surface area contributed by atoms with E-state index in [1.54, 1.807) is 12.1 Å². The molecule has 2 unspecified atom stereocenters. The van der Waals surface area contributed by atoms with Gasteiger partial charge in [-0.15, -0.1) is 20.4 Å². The number of carbonyl (C=O) groups is 1. The van der Waals surface area contributed by atoms with Crippen molar-refractivity contribution >= 4 is 62.4 Å². The molecule has 1 saturated heterocycles. The predicted octanol–water partition coefficient (Wildman–Crippen LogP) is 4.74. The molecule has 1 fully saturated rings. The zero-order valence-corrected chi connectivity index (χ0v) is 20.9. The third-order valence-corrected chi connectivity index (χ3v) is 5.89. The summed E-state index contributed by atoms with van der Waals surface area (Å²) < 4.78 is 6.20. The van der Waals surface area contributed by atoms with Crippen LogP contribution in [0.4, 0.5) is 16.4 Å². The number of amides is 1. The molecule has 2 bridgehead atoms. The molecule has 9 nitrogen and oxygen atoms in total. The zero-order valence-electron chi connectivity index (χ0n) is 17.8. The number of nitrogens with zero attached hydrogens (tertiary/aromatic N) is 5. The molecule has 2 aromatic rings. The van der Waals surface area contributed by atoms with Crippen LogP contribution in [0, 0.1) is 0 Å². The second-order valence-corrected chi connectivity index (χ2v) is 10.1. The number of carbonyl (C=O) groups excluding carboxylic acids is 1. The van der Waals surface area contributed by atoms with Crippen LogP contribution in [0.2, 0.25) is 10.3 Å². The van der Waals surface area contributed by atoms with E-state index < -0.39 is 5.60 Å². The molecule has 32 heavy (non-hydrogen) atoms. The summed E-state index contributed by atoms with van der Waals surface area (Å²) in [7, 11) is 0. The topological polar surface area (TPSA) is 133 Å². The predicted molar refractivity (Wildman–Crippen MR) is 128 cm³/mol. The molecule has 4 heterocycles. The number of ether oxygens (including phenoxy) is 1. The van der Waals surface area contributed by atoms with E-state index >= 15 is 0 Å². The molecule has 0 aliphatic carbocycles. The van der Waals surface area contributed by atoms with Crippen molar-refractivity contribution in [1.82, 2.24) is 25.3 Å². The van der Waals surface area contributed by atoms with Crippen LogP contribution in [0.5, 0.6) is 0 Å². The van der Waals surface area contributed by atoms with E-state index in [1.165, 1.54) is 0 Å². The van der Waals surface area contributed by atoms with E-state index in [9.17, 15) is 4.79 Å². The van der Waals surface area contributed by atoms with Gasteiger partial charge in [0.25, 0.3) is 0 Å². The molecule has 2 atom stereocenters. The van der Waals surface area contributed by atoms with Crippen LogP contribution in [0.15, 0.2) is 22.7 Å². The molecule has 0 radical (unpaired) electrons. The number of halogens is 3. The molecule has 0 spiro atoms. The lowest BCUT2D eigenvalue weighted by atomic mass is 9.95. The van der Waals surface area contributed by atoms with Crippen LogP contribution in [0.1, 0.15) is 45.6 Å². The van der Waals surface area contributed by atoms with Crippen LogP contribution in [0.25, 0.3) is 5.57 Å². The van der Waals surface area contributed by atoms with Crippen molar-refractivity contribution in [2.75, 3.05) is 11.5 Å². The Morgan fingerprint density at radius 2 is 1.72 bits per heavy atom. The number of anilines is 2. The Morgan fingerprint density at radius 3 is 2.28 bits per heavy atom. The zero-order chi connectivity index (χ0) is 23.6. The first-order valence-corrected chi connectivity index (χ1v) is 11.4. The lowest BCUT2D eigenvalue weighted by molar-refractivity contribution is 0.0175. The Hall–Kier alpha value is -2.17. The highest BCUT2D eigenvalue weighted by Gasteiger charge is 2.42. The number of rotatable bonds is 1. The van der Waals surface area contributed by atoms with E-state index in [4.69, 9.17) is 39.4 Å². The quantitative estimate of drug-likeness (QED) is 0.525. The lowest BCUT2D eigenvalue weighted by Gasteiger charge is -2.35. The Labute approximate surface area is 204 Å². The molecular formula is C20H24BrCl2N7O2. The summed E-state index contributed by atoms with van der Waals surface area (Å²) in [6, 6.07) is 3.48. The minimum absolute atomic E-state index is 0.0324. The van der Waals surface area contributed by atoms with Crippen LogP contribution < -0.4 is 11.5 Å². The highest BCUT2D eigenvalue weighted by atomic mass is 79.9. The summed E-state index contributed by atoms with van der Waals surface area (Å²) in [5.74, 6) is 0.713. The van der Waals surface area contributed by atoms with Gasteiger partial charge < -0.3 is 16.2 Å². The van der Waals surface area contributed by atoms with E-state index in [0.717, 1.165) is 30.4 Å². The largest absolute Gasteiger partial charge is 0.444 e. The van der Waals surface area contributed by atoms with Crippen molar-refractivity contribution in [3.8, 4) is 0 Å². The van der Waals surface area contributed by atoms with E-state index in [2.05, 4.69) is 42.4 Å². The Morgan fingerprint density at radius 1 is 1.09 bits per heavy atom. The van der Waals surface area contributed by atoms with Gasteiger partial charge in [0.15, 0.2) is 21.9 Å². The Kier molecular flexibility index (Phi) is 7.46. The molecule has 4 rings (SSSR count). The highest BCUT2D eigenvalue weighted by molar-refractivity contribution is 9.10. The second-order valence-electron chi connectivity index (χ2n) is 8.45. The van der Waals surface area contributed by atoms with Crippen molar-refractivity contribution in [1.29, 1.82) is 0 Å². The van der Waals surface area contributed by atoms with Gasteiger partial charge in [0.2, 0.25) is 0 Å². The number of fused-ring (bicyclic) bond motifs is 2. The summed E-state index contributed by atoms with van der Waals surface area (Å²) in [5.41, 5.74) is 12.6. The van der Waals surface area contributed by atoms with Crippen LogP contribution in [-0.4, -0.2) is 49.1 Å². The maximum atomic E-state index is 12.4. The first-order chi connectivity index (χ1) is 14.9. The fourth-order valence-corrected chi connectivity index (χ4v) is 4.34. The minimum atomic E-state index is -0.493. The van der Waals surface area contributed by atoms with Crippen molar-refractivity contribution in [3.63, 3.8) is 0 Å². The average molecular weight is 545 g/mol. The molecule has 172 valence electrons. The van der Waals surface area contributed by atoms with Gasteiger partial charge in [0, 0.05) is 11.6 Å². The second kappa shape index (κ2) is 9.76. The van der Waals surface area contributed by atoms with E-state index in [0.29, 0.717) is 26.4 Å². The maximum Gasteiger partial charge on any atom is 0.411 e. The average Bonchev–Trinajstić information content (AvgIpc) is 2.96. The number of hydrogen-bond acceptors (Lipinski definition) is 8. The fourth-order valence-electron chi connectivity index (χ4n) is 3.62. The SMILES string of the molecule is CC(C)(C)OC(=O)N1C2C=C(c3cc(Cl)nnc3N)CC1CC2.Nc1nnc(Cl)cc1Br. The molecule has 4 N–H and O–H groups in total. The molecule has 0 aromatic carbocycles. The van der Waals surface area contributed by atoms with Crippen LogP contribution in [-0.2, 0) is 4.74 Å². The molecule has 12 heteroatoms. The molecule has 0 saturated carbocycles. The van der Waals surface area contributed by atoms with Gasteiger partial charge >= 0.3 is 6.09 Å². The molecule has 2 aliphatic rings. The lowest BCUT2D eigenvalue weighted by Crippen LogP contribution is -2.45. The minimum Gasteiger partial charge on any atom is -0.444 e.